The van der Waals surface area contributed by atoms with E-state index in [0.717, 1.165) is 36.6 Å². The molecule has 3 rings (SSSR count). The number of hydrogen-bond donors (Lipinski definition) is 3. The van der Waals surface area contributed by atoms with E-state index in [1.54, 1.807) is 0 Å². The molecule has 0 atom stereocenters. The lowest BCUT2D eigenvalue weighted by Crippen LogP contribution is -2.51. The highest BCUT2D eigenvalue weighted by atomic mass is 16.1. The van der Waals surface area contributed by atoms with Gasteiger partial charge in [0, 0.05) is 23.8 Å². The summed E-state index contributed by atoms with van der Waals surface area (Å²) in [7, 11) is 0. The van der Waals surface area contributed by atoms with Gasteiger partial charge in [0.05, 0.1) is 5.54 Å². The Morgan fingerprint density at radius 1 is 1.32 bits per heavy atom. The molecule has 1 aliphatic rings. The zero-order chi connectivity index (χ0) is 13.3. The molecule has 1 aromatic heterocycles. The second-order valence-electron chi connectivity index (χ2n) is 5.43. The number of carbonyl (C=O) groups excluding carboxylic acids is 1. The van der Waals surface area contributed by atoms with E-state index in [9.17, 15) is 4.79 Å². The van der Waals surface area contributed by atoms with Crippen LogP contribution in [0.5, 0.6) is 0 Å². The molecule has 1 aliphatic carbocycles. The summed E-state index contributed by atoms with van der Waals surface area (Å²) in [5, 5.41) is 4.25. The van der Waals surface area contributed by atoms with Gasteiger partial charge in [0.2, 0.25) is 0 Å². The van der Waals surface area contributed by atoms with Gasteiger partial charge in [-0.05, 0) is 36.4 Å². The largest absolute Gasteiger partial charge is 0.361 e. The number of hydrogen-bond acceptors (Lipinski definition) is 2. The number of nitrogens with one attached hydrogen (secondary N) is 2. The molecule has 1 amide bonds. The number of benzene rings is 1. The van der Waals surface area contributed by atoms with Gasteiger partial charge in [-0.25, -0.2) is 0 Å². The lowest BCUT2D eigenvalue weighted by molar-refractivity contribution is 0.0903. The van der Waals surface area contributed by atoms with Gasteiger partial charge >= 0.3 is 0 Å². The van der Waals surface area contributed by atoms with Gasteiger partial charge in [0.1, 0.15) is 0 Å². The molecule has 2 aromatic rings. The van der Waals surface area contributed by atoms with Crippen molar-refractivity contribution in [3.63, 3.8) is 0 Å². The second-order valence-corrected chi connectivity index (χ2v) is 5.43. The van der Waals surface area contributed by atoms with E-state index in [4.69, 9.17) is 5.73 Å². The Kier molecular flexibility index (Phi) is 3.03. The summed E-state index contributed by atoms with van der Waals surface area (Å²) in [5.41, 5.74) is 7.33. The molecular formula is C15H19N3O. The molecule has 0 radical (unpaired) electrons. The van der Waals surface area contributed by atoms with Gasteiger partial charge in [0.15, 0.2) is 0 Å². The van der Waals surface area contributed by atoms with Crippen LogP contribution < -0.4 is 11.1 Å². The molecule has 4 nitrogen and oxygen atoms in total. The van der Waals surface area contributed by atoms with Gasteiger partial charge in [-0.15, -0.1) is 0 Å². The van der Waals surface area contributed by atoms with Crippen LogP contribution in [0.4, 0.5) is 0 Å². The number of fused-ring (bicyclic) bond motifs is 1. The fourth-order valence-electron chi connectivity index (χ4n) is 2.93. The van der Waals surface area contributed by atoms with Gasteiger partial charge in [-0.1, -0.05) is 18.9 Å². The Bertz CT molecular complexity index is 596. The predicted octanol–water partition coefficient (Wildman–Crippen LogP) is 2.17. The first-order valence-corrected chi connectivity index (χ1v) is 6.82. The van der Waals surface area contributed by atoms with Crippen molar-refractivity contribution < 1.29 is 4.79 Å². The summed E-state index contributed by atoms with van der Waals surface area (Å²) in [6, 6.07) is 7.72. The second kappa shape index (κ2) is 4.70. The number of carbonyl (C=O) groups is 1. The standard InChI is InChI=1S/C15H19N3O/c16-10-15(6-1-2-7-15)18-14(19)12-4-3-11-5-8-17-13(11)9-12/h3-5,8-9,17H,1-2,6-7,10,16H2,(H,18,19). The summed E-state index contributed by atoms with van der Waals surface area (Å²) in [6.07, 6.45) is 6.14. The normalized spacial score (nSPS) is 17.7. The van der Waals surface area contributed by atoms with E-state index < -0.39 is 0 Å². The van der Waals surface area contributed by atoms with E-state index in [-0.39, 0.29) is 11.4 Å². The monoisotopic (exact) mass is 257 g/mol. The third kappa shape index (κ3) is 2.24. The number of aromatic nitrogens is 1. The predicted molar refractivity (Wildman–Crippen MR) is 76.0 cm³/mol. The lowest BCUT2D eigenvalue weighted by atomic mass is 9.97. The van der Waals surface area contributed by atoms with Crippen LogP contribution in [0.1, 0.15) is 36.0 Å². The molecule has 19 heavy (non-hydrogen) atoms. The van der Waals surface area contributed by atoms with Crippen LogP contribution in [0.3, 0.4) is 0 Å². The molecule has 1 fully saturated rings. The van der Waals surface area contributed by atoms with E-state index >= 15 is 0 Å². The zero-order valence-electron chi connectivity index (χ0n) is 10.9. The third-order valence-corrected chi connectivity index (χ3v) is 4.15. The first-order chi connectivity index (χ1) is 9.22. The van der Waals surface area contributed by atoms with Crippen LogP contribution in [0.15, 0.2) is 30.5 Å². The number of amides is 1. The van der Waals surface area contributed by atoms with Gasteiger partial charge in [0.25, 0.3) is 5.91 Å². The quantitative estimate of drug-likeness (QED) is 0.788. The molecular weight excluding hydrogens is 238 g/mol. The van der Waals surface area contributed by atoms with Crippen LogP contribution in [0.2, 0.25) is 0 Å². The maximum Gasteiger partial charge on any atom is 0.251 e. The molecule has 4 heteroatoms. The summed E-state index contributed by atoms with van der Waals surface area (Å²) in [4.78, 5) is 15.5. The van der Waals surface area contributed by atoms with Crippen LogP contribution in [-0.4, -0.2) is 23.0 Å². The molecule has 0 spiro atoms. The van der Waals surface area contributed by atoms with Crippen LogP contribution in [-0.2, 0) is 0 Å². The highest BCUT2D eigenvalue weighted by Gasteiger charge is 2.34. The van der Waals surface area contributed by atoms with Gasteiger partial charge in [-0.3, -0.25) is 4.79 Å². The van der Waals surface area contributed by atoms with Crippen molar-refractivity contribution in [2.45, 2.75) is 31.2 Å². The average Bonchev–Trinajstić information content (AvgIpc) is 3.06. The number of H-pyrrole nitrogens is 1. The van der Waals surface area contributed by atoms with E-state index in [2.05, 4.69) is 10.3 Å². The van der Waals surface area contributed by atoms with Crippen LogP contribution >= 0.6 is 0 Å². The van der Waals surface area contributed by atoms with Crippen molar-refractivity contribution in [2.24, 2.45) is 5.73 Å². The minimum Gasteiger partial charge on any atom is -0.361 e. The van der Waals surface area contributed by atoms with E-state index in [1.165, 1.54) is 0 Å². The van der Waals surface area contributed by atoms with Gasteiger partial charge < -0.3 is 16.0 Å². The molecule has 1 heterocycles. The fraction of sp³-hybridized carbons (Fsp3) is 0.400. The zero-order valence-corrected chi connectivity index (χ0v) is 10.9. The van der Waals surface area contributed by atoms with Crippen molar-refractivity contribution in [3.05, 3.63) is 36.0 Å². The van der Waals surface area contributed by atoms with Gasteiger partial charge in [-0.2, -0.15) is 0 Å². The van der Waals surface area contributed by atoms with Crippen molar-refractivity contribution in [1.82, 2.24) is 10.3 Å². The highest BCUT2D eigenvalue weighted by Crippen LogP contribution is 2.29. The number of rotatable bonds is 3. The fourth-order valence-corrected chi connectivity index (χ4v) is 2.93. The minimum absolute atomic E-state index is 0.0242. The average molecular weight is 257 g/mol. The molecule has 0 saturated heterocycles. The van der Waals surface area contributed by atoms with Crippen LogP contribution in [0.25, 0.3) is 10.9 Å². The Morgan fingerprint density at radius 2 is 2.11 bits per heavy atom. The Balaban J connectivity index is 1.82. The van der Waals surface area contributed by atoms with E-state index in [0.29, 0.717) is 12.1 Å². The molecule has 0 aliphatic heterocycles. The SMILES string of the molecule is NCC1(NC(=O)c2ccc3cc[nH]c3c2)CCCC1. The maximum absolute atomic E-state index is 12.3. The minimum atomic E-state index is -0.193. The molecule has 0 unspecified atom stereocenters. The molecule has 4 N–H and O–H groups in total. The third-order valence-electron chi connectivity index (χ3n) is 4.15. The van der Waals surface area contributed by atoms with Crippen molar-refractivity contribution in [1.29, 1.82) is 0 Å². The maximum atomic E-state index is 12.3. The number of aromatic amines is 1. The Morgan fingerprint density at radius 3 is 2.84 bits per heavy atom. The summed E-state index contributed by atoms with van der Waals surface area (Å²) < 4.78 is 0. The molecule has 1 aromatic carbocycles. The van der Waals surface area contributed by atoms with E-state index in [1.807, 2.05) is 30.5 Å². The van der Waals surface area contributed by atoms with Crippen molar-refractivity contribution in [3.8, 4) is 0 Å². The first kappa shape index (κ1) is 12.2. The van der Waals surface area contributed by atoms with Crippen molar-refractivity contribution in [2.75, 3.05) is 6.54 Å². The Labute approximate surface area is 112 Å². The Hall–Kier alpha value is -1.81. The molecule has 0 bridgehead atoms. The first-order valence-electron chi connectivity index (χ1n) is 6.82. The van der Waals surface area contributed by atoms with Crippen LogP contribution in [0, 0.1) is 0 Å². The smallest absolute Gasteiger partial charge is 0.251 e. The molecule has 1 saturated carbocycles. The summed E-state index contributed by atoms with van der Waals surface area (Å²) in [5.74, 6) is -0.0242. The summed E-state index contributed by atoms with van der Waals surface area (Å²) >= 11 is 0. The lowest BCUT2D eigenvalue weighted by Gasteiger charge is -2.28. The topological polar surface area (TPSA) is 70.9 Å². The summed E-state index contributed by atoms with van der Waals surface area (Å²) in [6.45, 7) is 0.517. The number of nitrogens with two attached hydrogens (primary N) is 1. The molecule has 100 valence electrons. The van der Waals surface area contributed by atoms with Crippen molar-refractivity contribution >= 4 is 16.8 Å². The highest BCUT2D eigenvalue weighted by molar-refractivity contribution is 5.98.